The molecule has 3 aromatic rings. The van der Waals surface area contributed by atoms with Gasteiger partial charge in [-0.05, 0) is 54.9 Å². The van der Waals surface area contributed by atoms with E-state index in [4.69, 9.17) is 0 Å². The van der Waals surface area contributed by atoms with Crippen LogP contribution in [0.15, 0.2) is 47.5 Å². The molecule has 1 amide bonds. The second-order valence-electron chi connectivity index (χ2n) is 8.20. The molecule has 1 aliphatic heterocycles. The van der Waals surface area contributed by atoms with Crippen molar-refractivity contribution in [2.45, 2.75) is 24.2 Å². The molecule has 2 fully saturated rings. The summed E-state index contributed by atoms with van der Waals surface area (Å²) < 4.78 is 27.2. The highest BCUT2D eigenvalue weighted by molar-refractivity contribution is 7.89. The Morgan fingerprint density at radius 1 is 1.27 bits per heavy atom. The van der Waals surface area contributed by atoms with Gasteiger partial charge in [0, 0.05) is 37.4 Å². The Labute approximate surface area is 175 Å². The zero-order valence-electron chi connectivity index (χ0n) is 16.4. The minimum absolute atomic E-state index is 0.147. The number of fused-ring (bicyclic) bond motifs is 1. The number of nitrogens with zero attached hydrogens (tertiary/aromatic N) is 2. The van der Waals surface area contributed by atoms with Crippen LogP contribution in [0.2, 0.25) is 0 Å². The molecule has 1 aromatic carbocycles. The van der Waals surface area contributed by atoms with Gasteiger partial charge in [0.1, 0.15) is 11.2 Å². The minimum atomic E-state index is -3.43. The second kappa shape index (κ2) is 7.11. The van der Waals surface area contributed by atoms with Gasteiger partial charge < -0.3 is 10.3 Å². The highest BCUT2D eigenvalue weighted by atomic mass is 32.2. The van der Waals surface area contributed by atoms with Crippen molar-refractivity contribution in [1.29, 1.82) is 0 Å². The van der Waals surface area contributed by atoms with E-state index >= 15 is 0 Å². The molecule has 0 bridgehead atoms. The van der Waals surface area contributed by atoms with E-state index in [1.54, 1.807) is 40.8 Å². The van der Waals surface area contributed by atoms with E-state index in [0.717, 1.165) is 24.6 Å². The summed E-state index contributed by atoms with van der Waals surface area (Å²) in [5.74, 6) is 0.250. The number of nitrogens with one attached hydrogen (secondary N) is 2. The number of hydrogen-bond acceptors (Lipinski definition) is 4. The lowest BCUT2D eigenvalue weighted by atomic mass is 9.92. The average Bonchev–Trinajstić information content (AvgIpc) is 3.24. The van der Waals surface area contributed by atoms with Crippen LogP contribution in [0.4, 0.5) is 0 Å². The summed E-state index contributed by atoms with van der Waals surface area (Å²) >= 11 is 0. The van der Waals surface area contributed by atoms with E-state index in [1.165, 1.54) is 0 Å². The molecule has 1 atom stereocenters. The predicted octanol–water partition coefficient (Wildman–Crippen LogP) is 2.38. The van der Waals surface area contributed by atoms with Gasteiger partial charge >= 0.3 is 0 Å². The highest BCUT2D eigenvalue weighted by Crippen LogP contribution is 2.59. The molecule has 1 unspecified atom stereocenters. The fraction of sp³-hybridized carbons (Fsp3) is 0.364. The van der Waals surface area contributed by atoms with Gasteiger partial charge in [-0.15, -0.1) is 0 Å². The lowest BCUT2D eigenvalue weighted by Crippen LogP contribution is -2.40. The average molecular weight is 423 g/mol. The molecular weight excluding hydrogens is 400 g/mol. The van der Waals surface area contributed by atoms with Crippen molar-refractivity contribution in [3.63, 3.8) is 0 Å². The molecule has 1 spiro atoms. The SMILES string of the molecule is O=C(NCC1CC12CCN(S(=O)(=O)c1ccccc1)CC2)c1cc2cnc#cc2[nH]1. The number of sulfonamides is 1. The van der Waals surface area contributed by atoms with Gasteiger partial charge in [-0.3, -0.25) is 4.79 Å². The minimum Gasteiger partial charge on any atom is -0.350 e. The molecular formula is C22H22N4O3S. The molecule has 3 heterocycles. The van der Waals surface area contributed by atoms with E-state index < -0.39 is 10.0 Å². The third-order valence-corrected chi connectivity index (χ3v) is 8.42. The number of piperidine rings is 1. The monoisotopic (exact) mass is 422 g/mol. The topological polar surface area (TPSA) is 95.2 Å². The number of carbonyl (C=O) groups excluding carboxylic acids is 1. The number of aromatic nitrogens is 2. The molecule has 1 saturated carbocycles. The Balaban J connectivity index is 1.16. The Bertz CT molecular complexity index is 1150. The molecule has 5 rings (SSSR count). The van der Waals surface area contributed by atoms with Crippen molar-refractivity contribution >= 4 is 26.8 Å². The van der Waals surface area contributed by atoms with Gasteiger partial charge in [-0.2, -0.15) is 4.31 Å². The highest BCUT2D eigenvalue weighted by Gasteiger charge is 2.55. The lowest BCUT2D eigenvalue weighted by Gasteiger charge is -2.32. The molecule has 154 valence electrons. The van der Waals surface area contributed by atoms with Crippen LogP contribution in [0, 0.1) is 23.6 Å². The molecule has 2 aromatic heterocycles. The third kappa shape index (κ3) is 3.34. The fourth-order valence-corrected chi connectivity index (χ4v) is 6.01. The molecule has 8 heteroatoms. The first-order valence-corrected chi connectivity index (χ1v) is 11.5. The van der Waals surface area contributed by atoms with E-state index in [1.807, 2.05) is 6.07 Å². The van der Waals surface area contributed by atoms with Crippen molar-refractivity contribution in [3.8, 4) is 0 Å². The quantitative estimate of drug-likeness (QED) is 0.660. The Morgan fingerprint density at radius 2 is 2.03 bits per heavy atom. The molecule has 30 heavy (non-hydrogen) atoms. The first-order chi connectivity index (χ1) is 14.5. The predicted molar refractivity (Wildman–Crippen MR) is 111 cm³/mol. The third-order valence-electron chi connectivity index (χ3n) is 6.51. The van der Waals surface area contributed by atoms with Gasteiger partial charge in [-0.1, -0.05) is 18.2 Å². The first-order valence-electron chi connectivity index (χ1n) is 10.1. The maximum Gasteiger partial charge on any atom is 0.267 e. The zero-order valence-corrected chi connectivity index (χ0v) is 17.2. The maximum absolute atomic E-state index is 12.8. The van der Waals surface area contributed by atoms with Gasteiger partial charge in [0.15, 0.2) is 0 Å². The van der Waals surface area contributed by atoms with Crippen LogP contribution in [-0.4, -0.2) is 48.2 Å². The summed E-state index contributed by atoms with van der Waals surface area (Å²) in [5, 5.41) is 3.84. The number of carbonyl (C=O) groups is 1. The summed E-state index contributed by atoms with van der Waals surface area (Å²) in [5.41, 5.74) is 1.36. The maximum atomic E-state index is 12.8. The first kappa shape index (κ1) is 19.1. The number of hydrogen-bond donors (Lipinski definition) is 2. The fourth-order valence-electron chi connectivity index (χ4n) is 4.55. The van der Waals surface area contributed by atoms with Gasteiger partial charge in [-0.25, -0.2) is 13.4 Å². The molecule has 0 radical (unpaired) electrons. The Morgan fingerprint density at radius 3 is 2.77 bits per heavy atom. The summed E-state index contributed by atoms with van der Waals surface area (Å²) in [7, 11) is -3.43. The second-order valence-corrected chi connectivity index (χ2v) is 10.1. The van der Waals surface area contributed by atoms with Crippen molar-refractivity contribution in [2.75, 3.05) is 19.6 Å². The number of amides is 1. The summed E-state index contributed by atoms with van der Waals surface area (Å²) in [6.07, 6.45) is 6.98. The van der Waals surface area contributed by atoms with Crippen LogP contribution in [0.5, 0.6) is 0 Å². The molecule has 2 N–H and O–H groups in total. The molecule has 7 nitrogen and oxygen atoms in total. The van der Waals surface area contributed by atoms with E-state index in [9.17, 15) is 13.2 Å². The van der Waals surface area contributed by atoms with Crippen LogP contribution < -0.4 is 5.32 Å². The van der Waals surface area contributed by atoms with Crippen molar-refractivity contribution < 1.29 is 13.2 Å². The summed E-state index contributed by atoms with van der Waals surface area (Å²) in [6, 6.07) is 13.2. The zero-order chi connectivity index (χ0) is 20.8. The number of benzene rings is 1. The summed E-state index contributed by atoms with van der Waals surface area (Å²) in [6.45, 7) is 1.67. The molecule has 1 aliphatic carbocycles. The van der Waals surface area contributed by atoms with E-state index in [-0.39, 0.29) is 11.3 Å². The Hall–Kier alpha value is -2.89. The number of aromatic amines is 1. The van der Waals surface area contributed by atoms with Gasteiger partial charge in [0.25, 0.3) is 5.91 Å². The van der Waals surface area contributed by atoms with Crippen molar-refractivity contribution in [2.24, 2.45) is 11.3 Å². The van der Waals surface area contributed by atoms with Crippen LogP contribution >= 0.6 is 0 Å². The van der Waals surface area contributed by atoms with Crippen LogP contribution in [0.3, 0.4) is 0 Å². The number of rotatable bonds is 5. The largest absolute Gasteiger partial charge is 0.350 e. The normalized spacial score (nSPS) is 20.7. The van der Waals surface area contributed by atoms with Crippen molar-refractivity contribution in [1.82, 2.24) is 19.6 Å². The lowest BCUT2D eigenvalue weighted by molar-refractivity contribution is 0.0944. The molecule has 2 aliphatic rings. The molecule has 1 saturated heterocycles. The smallest absolute Gasteiger partial charge is 0.267 e. The van der Waals surface area contributed by atoms with Gasteiger partial charge in [0.2, 0.25) is 10.0 Å². The van der Waals surface area contributed by atoms with E-state index in [0.29, 0.717) is 41.7 Å². The Kier molecular flexibility index (Phi) is 4.53. The standard InChI is InChI=1S/C22H22N4O3S/c27-21(20-12-16-14-23-9-6-19(16)25-20)24-15-17-13-22(17)7-10-26(11-8-22)30(28,29)18-4-2-1-3-5-18/h1-5,12,14,17,25H,7-8,10-11,13,15H2,(H,24,27). The van der Waals surface area contributed by atoms with Crippen LogP contribution in [-0.2, 0) is 10.0 Å². The van der Waals surface area contributed by atoms with Crippen LogP contribution in [0.1, 0.15) is 29.8 Å². The number of H-pyrrole nitrogens is 1. The van der Waals surface area contributed by atoms with Crippen molar-refractivity contribution in [3.05, 3.63) is 60.6 Å². The van der Waals surface area contributed by atoms with E-state index in [2.05, 4.69) is 27.5 Å². The summed E-state index contributed by atoms with van der Waals surface area (Å²) in [4.78, 5) is 19.8. The van der Waals surface area contributed by atoms with Crippen LogP contribution in [0.25, 0.3) is 10.9 Å². The van der Waals surface area contributed by atoms with Gasteiger partial charge in [0.05, 0.1) is 4.90 Å².